The highest BCUT2D eigenvalue weighted by atomic mass is 16.2. The van der Waals surface area contributed by atoms with Gasteiger partial charge in [-0.05, 0) is 145 Å². The van der Waals surface area contributed by atoms with Crippen LogP contribution < -0.4 is 43.5 Å². The van der Waals surface area contributed by atoms with E-state index in [0.29, 0.717) is 50.4 Å². The molecule has 0 aromatic heterocycles. The van der Waals surface area contributed by atoms with E-state index in [-0.39, 0.29) is 65.3 Å². The minimum Gasteiger partial charge on any atom is -0.399 e. The van der Waals surface area contributed by atoms with E-state index in [1.165, 1.54) is 5.56 Å². The maximum Gasteiger partial charge on any atom is 0.246 e. The van der Waals surface area contributed by atoms with Gasteiger partial charge in [0.1, 0.15) is 24.2 Å². The number of carbonyl (C=O) groups is 6. The molecule has 2 aromatic rings. The SMILES string of the molecule is CN[C@@H](C)C(=O)N[C@H]1CCCC[C@H]2CC[C@@H](C(=O)NC(/C(N)=C/N(N)CC3CCC([C@@H]4Cc5ccccc5[C@@H]4NC(=O)[C@@H]4CCCN4C(=O)[C@@H](NC(=O)[C@H](C)NC)C4CCCCC4)C3)c3ccccc3)N2C1=O. The molecule has 3 aliphatic heterocycles. The van der Waals surface area contributed by atoms with Gasteiger partial charge < -0.3 is 52.4 Å². The standard InChI is InChI=1S/C56H83N11O6/c1-34(59-3)51(68)61-45-23-14-12-21-41-27-28-47(67(41)55(45)72)54(71)62-48(37-16-7-5-8-17-37)44(57)33-65(58)32-36-25-26-40(30-36)43-31-39-20-11-13-22-42(39)50(43)64-53(70)46-24-15-29-66(46)56(73)49(38-18-9-6-10-19-38)63-52(69)35(2)60-4/h5,7-8,11,13,16-17,20,22,33-36,38,40-41,43,45-50,59-60H,6,9-10,12,14-15,18-19,21,23-32,57-58H2,1-4H3,(H,61,68)(H,62,71)(H,63,69)(H,64,70)/b44-33-/t34-,35-,36?,40?,41-,43-,45-,46-,47-,48?,49-,50-/m0/s1. The number of nitrogens with two attached hydrogens (primary N) is 2. The molecule has 0 spiro atoms. The topological polar surface area (TPSA) is 236 Å². The number of benzene rings is 2. The number of hydrazine groups is 1. The van der Waals surface area contributed by atoms with Crippen LogP contribution in [-0.2, 0) is 35.2 Å². The van der Waals surface area contributed by atoms with Crippen molar-refractivity contribution < 1.29 is 28.8 Å². The summed E-state index contributed by atoms with van der Waals surface area (Å²) in [7, 11) is 3.44. The van der Waals surface area contributed by atoms with Crippen LogP contribution in [0.15, 0.2) is 66.5 Å². The summed E-state index contributed by atoms with van der Waals surface area (Å²) < 4.78 is 0. The molecule has 3 heterocycles. The monoisotopic (exact) mass is 1010 g/mol. The molecule has 73 heavy (non-hydrogen) atoms. The Bertz CT molecular complexity index is 2290. The van der Waals surface area contributed by atoms with Gasteiger partial charge in [0.25, 0.3) is 0 Å². The smallest absolute Gasteiger partial charge is 0.246 e. The molecule has 17 nitrogen and oxygen atoms in total. The lowest BCUT2D eigenvalue weighted by atomic mass is 9.83. The van der Waals surface area contributed by atoms with Crippen LogP contribution in [0.5, 0.6) is 0 Å². The lowest BCUT2D eigenvalue weighted by Gasteiger charge is -2.36. The molecule has 10 N–H and O–H groups in total. The van der Waals surface area contributed by atoms with Crippen LogP contribution in [0.3, 0.4) is 0 Å². The molecule has 2 saturated carbocycles. The summed E-state index contributed by atoms with van der Waals surface area (Å²) in [6, 6.07) is 13.3. The zero-order valence-electron chi connectivity index (χ0n) is 43.7. The van der Waals surface area contributed by atoms with E-state index in [2.05, 4.69) is 50.1 Å². The zero-order chi connectivity index (χ0) is 51.8. The molecule has 3 saturated heterocycles. The van der Waals surface area contributed by atoms with Gasteiger partial charge in [-0.25, -0.2) is 5.84 Å². The second-order valence-electron chi connectivity index (χ2n) is 22.1. The van der Waals surface area contributed by atoms with Crippen molar-refractivity contribution in [1.82, 2.24) is 46.7 Å². The normalized spacial score (nSPS) is 28.2. The van der Waals surface area contributed by atoms with E-state index in [4.69, 9.17) is 11.6 Å². The Labute approximate surface area is 432 Å². The molecule has 8 rings (SSSR count). The second kappa shape index (κ2) is 24.7. The summed E-state index contributed by atoms with van der Waals surface area (Å²) in [5, 5.41) is 20.3. The highest BCUT2D eigenvalue weighted by molar-refractivity contribution is 5.95. The van der Waals surface area contributed by atoms with Gasteiger partial charge in [0.05, 0.1) is 29.9 Å². The van der Waals surface area contributed by atoms with Gasteiger partial charge in [0, 0.05) is 25.3 Å². The predicted octanol–water partition coefficient (Wildman–Crippen LogP) is 3.96. The number of hydrogen-bond acceptors (Lipinski definition) is 11. The van der Waals surface area contributed by atoms with Crippen molar-refractivity contribution in [3.05, 3.63) is 83.2 Å². The van der Waals surface area contributed by atoms with Gasteiger partial charge in [-0.15, -0.1) is 0 Å². The minimum absolute atomic E-state index is 0.0409. The van der Waals surface area contributed by atoms with E-state index in [0.717, 1.165) is 94.6 Å². The fourth-order valence-electron chi connectivity index (χ4n) is 13.1. The van der Waals surface area contributed by atoms with E-state index < -0.39 is 42.3 Å². The maximum absolute atomic E-state index is 14.6. The Morgan fingerprint density at radius 2 is 1.44 bits per heavy atom. The van der Waals surface area contributed by atoms with E-state index >= 15 is 0 Å². The molecule has 6 aliphatic rings. The number of rotatable bonds is 18. The van der Waals surface area contributed by atoms with Crippen LogP contribution in [0.4, 0.5) is 0 Å². The molecule has 0 radical (unpaired) electrons. The number of fused-ring (bicyclic) bond motifs is 2. The third-order valence-corrected chi connectivity index (χ3v) is 17.4. The molecule has 5 fully saturated rings. The van der Waals surface area contributed by atoms with Crippen LogP contribution >= 0.6 is 0 Å². The first-order valence-corrected chi connectivity index (χ1v) is 27.6. The summed E-state index contributed by atoms with van der Waals surface area (Å²) >= 11 is 0. The molecule has 0 bridgehead atoms. The highest BCUT2D eigenvalue weighted by Crippen LogP contribution is 2.47. The largest absolute Gasteiger partial charge is 0.399 e. The zero-order valence-corrected chi connectivity index (χ0v) is 43.7. The molecule has 12 atom stereocenters. The quantitative estimate of drug-likeness (QED) is 0.0787. The van der Waals surface area contributed by atoms with Crippen LogP contribution in [-0.4, -0.2) is 120 Å². The number of likely N-dealkylation sites (tertiary alicyclic amines) is 1. The van der Waals surface area contributed by atoms with Gasteiger partial charge in [-0.3, -0.25) is 28.8 Å². The van der Waals surface area contributed by atoms with Gasteiger partial charge in [-0.2, -0.15) is 0 Å². The summed E-state index contributed by atoms with van der Waals surface area (Å²) in [6.45, 7) is 4.57. The first kappa shape index (κ1) is 53.8. The third kappa shape index (κ3) is 12.5. The summed E-state index contributed by atoms with van der Waals surface area (Å²) in [5.41, 5.74) is 10.4. The minimum atomic E-state index is -0.710. The number of nitrogens with one attached hydrogen (secondary N) is 6. The van der Waals surface area contributed by atoms with Crippen LogP contribution in [0.2, 0.25) is 0 Å². The Hall–Kier alpha value is -5.52. The first-order chi connectivity index (χ1) is 35.3. The Balaban J connectivity index is 0.919. The maximum atomic E-state index is 14.6. The lowest BCUT2D eigenvalue weighted by Crippen LogP contribution is -2.58. The summed E-state index contributed by atoms with van der Waals surface area (Å²) in [4.78, 5) is 87.2. The number of carbonyl (C=O) groups excluding carboxylic acids is 6. The molecule has 398 valence electrons. The summed E-state index contributed by atoms with van der Waals surface area (Å²) in [6.07, 6.45) is 15.9. The van der Waals surface area contributed by atoms with Crippen molar-refractivity contribution in [3.8, 4) is 0 Å². The fraction of sp³-hybridized carbons (Fsp3) is 0.643. The van der Waals surface area contributed by atoms with Crippen molar-refractivity contribution >= 4 is 35.4 Å². The molecule has 3 aliphatic carbocycles. The summed E-state index contributed by atoms with van der Waals surface area (Å²) in [5.74, 6) is 6.32. The van der Waals surface area contributed by atoms with E-state index in [9.17, 15) is 28.8 Å². The highest BCUT2D eigenvalue weighted by Gasteiger charge is 2.47. The number of amides is 6. The van der Waals surface area contributed by atoms with Gasteiger partial charge >= 0.3 is 0 Å². The van der Waals surface area contributed by atoms with E-state index in [1.807, 2.05) is 36.4 Å². The molecular weight excluding hydrogens is 923 g/mol. The Morgan fingerprint density at radius 1 is 0.740 bits per heavy atom. The van der Waals surface area contributed by atoms with Gasteiger partial charge in [-0.1, -0.05) is 86.7 Å². The second-order valence-corrected chi connectivity index (χ2v) is 22.1. The molecule has 6 amide bonds. The van der Waals surface area contributed by atoms with Crippen molar-refractivity contribution in [3.63, 3.8) is 0 Å². The fourth-order valence-corrected chi connectivity index (χ4v) is 13.1. The molecule has 2 aromatic carbocycles. The number of hydrogen-bond donors (Lipinski definition) is 8. The van der Waals surface area contributed by atoms with Crippen molar-refractivity contribution in [2.75, 3.05) is 27.2 Å². The molecule has 3 unspecified atom stereocenters. The Morgan fingerprint density at radius 3 is 2.19 bits per heavy atom. The van der Waals surface area contributed by atoms with Gasteiger partial charge in [0.15, 0.2) is 0 Å². The van der Waals surface area contributed by atoms with Gasteiger partial charge in [0.2, 0.25) is 35.4 Å². The van der Waals surface area contributed by atoms with Crippen molar-refractivity contribution in [2.24, 2.45) is 35.2 Å². The predicted molar refractivity (Wildman–Crippen MR) is 280 cm³/mol. The third-order valence-electron chi connectivity index (χ3n) is 17.4. The average molecular weight is 1010 g/mol. The van der Waals surface area contributed by atoms with Crippen LogP contribution in [0.25, 0.3) is 0 Å². The number of nitrogens with zero attached hydrogens (tertiary/aromatic N) is 3. The van der Waals surface area contributed by atoms with Crippen LogP contribution in [0.1, 0.15) is 145 Å². The lowest BCUT2D eigenvalue weighted by molar-refractivity contribution is -0.144. The van der Waals surface area contributed by atoms with E-state index in [1.54, 1.807) is 49.0 Å². The molecule has 17 heteroatoms. The van der Waals surface area contributed by atoms with Crippen LogP contribution in [0, 0.1) is 23.7 Å². The first-order valence-electron chi connectivity index (χ1n) is 27.6. The molecular formula is C56H83N11O6. The van der Waals surface area contributed by atoms with Crippen molar-refractivity contribution in [2.45, 2.75) is 177 Å². The Kier molecular flexibility index (Phi) is 18.2. The average Bonchev–Trinajstić information content (AvgIpc) is 4.24. The van der Waals surface area contributed by atoms with Crippen molar-refractivity contribution in [1.29, 1.82) is 0 Å². The number of likely N-dealkylation sites (N-methyl/N-ethyl adjacent to an activating group) is 2.